The number of methoxy groups -OCH3 is 1. The van der Waals surface area contributed by atoms with Gasteiger partial charge in [0.15, 0.2) is 0 Å². The van der Waals surface area contributed by atoms with E-state index in [-0.39, 0.29) is 18.6 Å². The van der Waals surface area contributed by atoms with Crippen LogP contribution in [0.2, 0.25) is 0 Å². The van der Waals surface area contributed by atoms with E-state index in [1.807, 2.05) is 38.1 Å². The predicted octanol–water partition coefficient (Wildman–Crippen LogP) is 3.29. The van der Waals surface area contributed by atoms with E-state index < -0.39 is 11.9 Å². The number of nitrogens with one attached hydrogen (secondary N) is 2. The fourth-order valence-corrected chi connectivity index (χ4v) is 3.61. The Morgan fingerprint density at radius 3 is 2.72 bits per heavy atom. The molecule has 7 heteroatoms. The summed E-state index contributed by atoms with van der Waals surface area (Å²) in [6, 6.07) is 7.60. The van der Waals surface area contributed by atoms with Gasteiger partial charge in [-0.05, 0) is 38.0 Å². The van der Waals surface area contributed by atoms with Crippen molar-refractivity contribution in [1.82, 2.24) is 4.98 Å². The van der Waals surface area contributed by atoms with E-state index in [0.717, 1.165) is 11.1 Å². The minimum atomic E-state index is -0.667. The number of benzene rings is 1. The Bertz CT molecular complexity index is 1090. The Morgan fingerprint density at radius 1 is 1.28 bits per heavy atom. The molecule has 29 heavy (non-hydrogen) atoms. The number of esters is 1. The maximum Gasteiger partial charge on any atom is 0.336 e. The minimum Gasteiger partial charge on any atom is -0.496 e. The molecule has 0 amide bonds. The second-order valence-electron chi connectivity index (χ2n) is 6.98. The molecule has 1 unspecified atom stereocenters. The van der Waals surface area contributed by atoms with Gasteiger partial charge < -0.3 is 19.8 Å². The van der Waals surface area contributed by atoms with Crippen LogP contribution in [0.5, 0.6) is 5.75 Å². The Hall–Kier alpha value is -3.53. The number of fused-ring (bicyclic) bond motifs is 1. The number of nitrogens with zero attached hydrogens (tertiary/aromatic N) is 1. The molecule has 0 radical (unpaired) electrons. The Balaban J connectivity index is 2.25. The molecule has 7 nitrogen and oxygen atoms in total. The summed E-state index contributed by atoms with van der Waals surface area (Å²) in [5.74, 6) is -0.650. The third-order valence-corrected chi connectivity index (χ3v) is 4.99. The van der Waals surface area contributed by atoms with Gasteiger partial charge in [-0.15, -0.1) is 0 Å². The Labute approximate surface area is 169 Å². The summed E-state index contributed by atoms with van der Waals surface area (Å²) in [6.07, 6.45) is 1.74. The molecule has 0 saturated heterocycles. The third-order valence-electron chi connectivity index (χ3n) is 4.99. The van der Waals surface area contributed by atoms with Gasteiger partial charge in [0.1, 0.15) is 12.4 Å². The van der Waals surface area contributed by atoms with Gasteiger partial charge in [-0.1, -0.05) is 12.1 Å². The molecule has 0 bridgehead atoms. The number of H-pyrrole nitrogens is 1. The lowest BCUT2D eigenvalue weighted by Gasteiger charge is -2.31. The van der Waals surface area contributed by atoms with Gasteiger partial charge in [-0.2, -0.15) is 5.26 Å². The molecule has 2 N–H and O–H groups in total. The van der Waals surface area contributed by atoms with Crippen molar-refractivity contribution in [3.05, 3.63) is 68.3 Å². The van der Waals surface area contributed by atoms with Crippen molar-refractivity contribution in [2.75, 3.05) is 19.0 Å². The van der Waals surface area contributed by atoms with E-state index >= 15 is 0 Å². The average Bonchev–Trinajstić information content (AvgIpc) is 2.70. The number of hydrogen-bond donors (Lipinski definition) is 2. The third kappa shape index (κ3) is 3.74. The molecule has 1 aromatic carbocycles. The predicted molar refractivity (Wildman–Crippen MR) is 109 cm³/mol. The fourth-order valence-electron chi connectivity index (χ4n) is 3.61. The van der Waals surface area contributed by atoms with Crippen LogP contribution in [0.3, 0.4) is 0 Å². The van der Waals surface area contributed by atoms with E-state index in [1.165, 1.54) is 0 Å². The highest BCUT2D eigenvalue weighted by Gasteiger charge is 2.37. The standard InChI is InChI=1S/C22H23N3O4/c1-12-6-7-15(16(10-12)28-4)18-17(22(27)29-9-5-8-23)14(3)25-20-13(2)11-24-21(26)19(18)20/h6-7,10-11,18,25H,5,9H2,1-4H3,(H,24,26). The minimum absolute atomic E-state index is 0.0130. The van der Waals surface area contributed by atoms with Gasteiger partial charge in [0.05, 0.1) is 42.3 Å². The van der Waals surface area contributed by atoms with Crippen LogP contribution in [-0.4, -0.2) is 24.7 Å². The van der Waals surface area contributed by atoms with Crippen molar-refractivity contribution in [2.45, 2.75) is 33.1 Å². The molecule has 1 aliphatic heterocycles. The van der Waals surface area contributed by atoms with Gasteiger partial charge in [0.2, 0.25) is 0 Å². The highest BCUT2D eigenvalue weighted by Crippen LogP contribution is 2.44. The highest BCUT2D eigenvalue weighted by atomic mass is 16.5. The molecule has 1 aliphatic rings. The van der Waals surface area contributed by atoms with Crippen LogP contribution < -0.4 is 15.6 Å². The normalized spacial score (nSPS) is 15.2. The zero-order valence-corrected chi connectivity index (χ0v) is 16.9. The van der Waals surface area contributed by atoms with Crippen molar-refractivity contribution >= 4 is 11.7 Å². The van der Waals surface area contributed by atoms with Crippen LogP contribution in [0.1, 0.15) is 41.5 Å². The van der Waals surface area contributed by atoms with Gasteiger partial charge >= 0.3 is 5.97 Å². The summed E-state index contributed by atoms with van der Waals surface area (Å²) < 4.78 is 10.9. The van der Waals surface area contributed by atoms with Crippen molar-refractivity contribution < 1.29 is 14.3 Å². The first-order valence-electron chi connectivity index (χ1n) is 9.27. The SMILES string of the molecule is COc1cc(C)ccc1C1C(C(=O)OCCC#N)=C(C)Nc2c(C)c[nH]c(=O)c21. The molecule has 2 heterocycles. The highest BCUT2D eigenvalue weighted by molar-refractivity contribution is 5.95. The van der Waals surface area contributed by atoms with Crippen LogP contribution in [0, 0.1) is 25.2 Å². The number of hydrogen-bond acceptors (Lipinski definition) is 6. The topological polar surface area (TPSA) is 104 Å². The maximum atomic E-state index is 13.0. The summed E-state index contributed by atoms with van der Waals surface area (Å²) in [6.45, 7) is 5.59. The first-order chi connectivity index (χ1) is 13.9. The molecular formula is C22H23N3O4. The first kappa shape index (κ1) is 20.2. The lowest BCUT2D eigenvalue weighted by molar-refractivity contribution is -0.139. The maximum absolute atomic E-state index is 13.0. The van der Waals surface area contributed by atoms with E-state index in [4.69, 9.17) is 14.7 Å². The summed E-state index contributed by atoms with van der Waals surface area (Å²) in [4.78, 5) is 28.6. The van der Waals surface area contributed by atoms with Crippen molar-refractivity contribution in [3.8, 4) is 11.8 Å². The largest absolute Gasteiger partial charge is 0.496 e. The van der Waals surface area contributed by atoms with Crippen molar-refractivity contribution in [1.29, 1.82) is 5.26 Å². The van der Waals surface area contributed by atoms with E-state index in [1.54, 1.807) is 20.2 Å². The Kier molecular flexibility index (Phi) is 5.74. The molecule has 1 aromatic heterocycles. The zero-order valence-electron chi connectivity index (χ0n) is 16.9. The number of nitriles is 1. The second-order valence-corrected chi connectivity index (χ2v) is 6.98. The van der Waals surface area contributed by atoms with E-state index in [2.05, 4.69) is 10.3 Å². The van der Waals surface area contributed by atoms with Crippen molar-refractivity contribution in [3.63, 3.8) is 0 Å². The quantitative estimate of drug-likeness (QED) is 0.597. The number of carbonyl (C=O) groups is 1. The number of aromatic amines is 1. The first-order valence-corrected chi connectivity index (χ1v) is 9.27. The molecule has 3 rings (SSSR count). The van der Waals surface area contributed by atoms with Gasteiger partial charge in [0.25, 0.3) is 5.56 Å². The smallest absolute Gasteiger partial charge is 0.336 e. The van der Waals surface area contributed by atoms with Crippen LogP contribution in [0.15, 0.2) is 40.5 Å². The lowest BCUT2D eigenvalue weighted by Crippen LogP contribution is -2.30. The van der Waals surface area contributed by atoms with Gasteiger partial charge in [-0.3, -0.25) is 4.79 Å². The summed E-state index contributed by atoms with van der Waals surface area (Å²) >= 11 is 0. The second kappa shape index (κ2) is 8.23. The lowest BCUT2D eigenvalue weighted by atomic mass is 9.80. The number of allylic oxidation sites excluding steroid dienone is 1. The van der Waals surface area contributed by atoms with Crippen LogP contribution in [-0.2, 0) is 9.53 Å². The number of anilines is 1. The number of pyridine rings is 1. The summed E-state index contributed by atoms with van der Waals surface area (Å²) in [7, 11) is 1.56. The fraction of sp³-hybridized carbons (Fsp3) is 0.318. The van der Waals surface area contributed by atoms with Gasteiger partial charge in [-0.25, -0.2) is 4.79 Å². The molecule has 0 fully saturated rings. The molecule has 0 aliphatic carbocycles. The van der Waals surface area contributed by atoms with Crippen LogP contribution in [0.4, 0.5) is 5.69 Å². The number of carbonyl (C=O) groups excluding carboxylic acids is 1. The molecular weight excluding hydrogens is 370 g/mol. The molecule has 150 valence electrons. The monoisotopic (exact) mass is 393 g/mol. The molecule has 1 atom stereocenters. The van der Waals surface area contributed by atoms with Crippen molar-refractivity contribution in [2.24, 2.45) is 0 Å². The molecule has 0 spiro atoms. The Morgan fingerprint density at radius 2 is 2.03 bits per heavy atom. The van der Waals surface area contributed by atoms with Crippen LogP contribution >= 0.6 is 0 Å². The molecule has 2 aromatic rings. The summed E-state index contributed by atoms with van der Waals surface area (Å²) in [5, 5.41) is 11.9. The zero-order chi connectivity index (χ0) is 21.1. The number of aromatic nitrogens is 1. The van der Waals surface area contributed by atoms with E-state index in [0.29, 0.717) is 33.8 Å². The number of rotatable bonds is 5. The molecule has 0 saturated carbocycles. The number of ether oxygens (including phenoxy) is 2. The average molecular weight is 393 g/mol. The van der Waals surface area contributed by atoms with Gasteiger partial charge in [0, 0.05) is 17.5 Å². The summed E-state index contributed by atoms with van der Waals surface area (Å²) in [5.41, 5.74) is 4.29. The number of aryl methyl sites for hydroxylation is 2. The van der Waals surface area contributed by atoms with Crippen LogP contribution in [0.25, 0.3) is 0 Å². The van der Waals surface area contributed by atoms with E-state index in [9.17, 15) is 9.59 Å².